The first-order valence-corrected chi connectivity index (χ1v) is 7.95. The molecule has 2 aromatic rings. The van der Waals surface area contributed by atoms with Crippen molar-refractivity contribution in [2.24, 2.45) is 0 Å². The van der Waals surface area contributed by atoms with Gasteiger partial charge in [0, 0.05) is 0 Å². The Labute approximate surface area is 127 Å². The van der Waals surface area contributed by atoms with Gasteiger partial charge in [-0.25, -0.2) is 0 Å². The van der Waals surface area contributed by atoms with Gasteiger partial charge in [-0.3, -0.25) is 0 Å². The van der Waals surface area contributed by atoms with Crippen LogP contribution in [-0.4, -0.2) is 26.8 Å². The first-order valence-electron chi connectivity index (χ1n) is 6.24. The molecular weight excluding hydrogens is 336 g/mol. The number of imide groups is 1. The second kappa shape index (κ2) is 5.64. The third-order valence-electron chi connectivity index (χ3n) is 2.95. The van der Waals surface area contributed by atoms with E-state index in [9.17, 15) is 14.0 Å². The zero-order chi connectivity index (χ0) is 14.8. The molecule has 0 saturated carbocycles. The molecule has 0 atom stereocenters. The van der Waals surface area contributed by atoms with Crippen molar-refractivity contribution in [2.45, 2.75) is 0 Å². The van der Waals surface area contributed by atoms with E-state index < -0.39 is 17.6 Å². The fraction of sp³-hybridized carbons (Fsp3) is 0. The number of hydrogen-bond acceptors (Lipinski definition) is 2. The summed E-state index contributed by atoms with van der Waals surface area (Å²) in [5.74, 6) is -1.51. The molecule has 0 spiro atoms. The van der Waals surface area contributed by atoms with Gasteiger partial charge in [-0.15, -0.1) is 0 Å². The van der Waals surface area contributed by atoms with Gasteiger partial charge in [0.05, 0.1) is 0 Å². The van der Waals surface area contributed by atoms with E-state index in [4.69, 9.17) is 0 Å². The van der Waals surface area contributed by atoms with Gasteiger partial charge in [-0.05, 0) is 0 Å². The average Bonchev–Trinajstić information content (AvgIpc) is 2.76. The summed E-state index contributed by atoms with van der Waals surface area (Å²) in [6, 6.07) is 15.2. The van der Waals surface area contributed by atoms with E-state index in [0.29, 0.717) is 4.47 Å². The van der Waals surface area contributed by atoms with Crippen LogP contribution in [0, 0.1) is 5.82 Å². The molecule has 0 N–H and O–H groups in total. The molecule has 0 aromatic heterocycles. The van der Waals surface area contributed by atoms with E-state index in [1.54, 1.807) is 6.07 Å². The van der Waals surface area contributed by atoms with Crippen molar-refractivity contribution in [3.8, 4) is 0 Å². The third-order valence-corrected chi connectivity index (χ3v) is 5.09. The molecule has 21 heavy (non-hydrogen) atoms. The second-order valence-corrected chi connectivity index (χ2v) is 6.69. The topological polar surface area (TPSA) is 37.4 Å². The van der Waals surface area contributed by atoms with Crippen molar-refractivity contribution in [3.63, 3.8) is 0 Å². The Kier molecular flexibility index (Phi) is 3.69. The van der Waals surface area contributed by atoms with Gasteiger partial charge in [0.25, 0.3) is 0 Å². The van der Waals surface area contributed by atoms with E-state index in [2.05, 4.69) is 0 Å². The third kappa shape index (κ3) is 2.66. The minimum absolute atomic E-state index is 0.00242. The number of anilines is 1. The van der Waals surface area contributed by atoms with Crippen molar-refractivity contribution in [2.75, 3.05) is 4.90 Å². The van der Waals surface area contributed by atoms with Crippen molar-refractivity contribution in [3.05, 3.63) is 71.0 Å². The molecule has 0 aliphatic carbocycles. The van der Waals surface area contributed by atoms with Crippen molar-refractivity contribution >= 4 is 36.9 Å². The molecule has 5 heteroatoms. The Morgan fingerprint density at radius 3 is 2.29 bits per heavy atom. The van der Waals surface area contributed by atoms with Crippen LogP contribution in [0.2, 0.25) is 0 Å². The van der Waals surface area contributed by atoms with Crippen molar-refractivity contribution < 1.29 is 14.0 Å². The number of para-hydroxylation sites is 1. The molecule has 0 unspecified atom stereocenters. The molecule has 0 radical (unpaired) electrons. The van der Waals surface area contributed by atoms with E-state index in [1.807, 2.05) is 30.3 Å². The predicted molar refractivity (Wildman–Crippen MR) is 78.8 cm³/mol. The number of nitrogens with zero attached hydrogens (tertiary/aromatic N) is 1. The minimum atomic E-state index is -0.582. The number of carbonyl (C=O) groups excluding carboxylic acids is 2. The Hall–Kier alpha value is -2.23. The van der Waals surface area contributed by atoms with Gasteiger partial charge in [0.1, 0.15) is 0 Å². The predicted octanol–water partition coefficient (Wildman–Crippen LogP) is 1.61. The van der Waals surface area contributed by atoms with Crippen LogP contribution in [-0.2, 0) is 9.59 Å². The fourth-order valence-corrected chi connectivity index (χ4v) is 3.86. The van der Waals surface area contributed by atoms with E-state index in [1.165, 1.54) is 24.3 Å². The molecular formula is C16H10FNO2Se. The SMILES string of the molecule is O=C1C=C([Se]c2ccccc2)C(=O)N1c1ccccc1F. The Morgan fingerprint density at radius 2 is 1.57 bits per heavy atom. The van der Waals surface area contributed by atoms with Gasteiger partial charge in [-0.2, -0.15) is 0 Å². The maximum atomic E-state index is 13.8. The summed E-state index contributed by atoms with van der Waals surface area (Å²) in [7, 11) is 0. The van der Waals surface area contributed by atoms with Gasteiger partial charge in [0.15, 0.2) is 0 Å². The first kappa shape index (κ1) is 13.7. The molecule has 3 rings (SSSR count). The van der Waals surface area contributed by atoms with Crippen LogP contribution in [0.4, 0.5) is 10.1 Å². The number of amides is 2. The molecule has 3 nitrogen and oxygen atoms in total. The molecule has 0 fully saturated rings. The molecule has 2 amide bonds. The Balaban J connectivity index is 1.88. The van der Waals surface area contributed by atoms with Gasteiger partial charge in [0.2, 0.25) is 0 Å². The number of halogens is 1. The van der Waals surface area contributed by atoms with Crippen molar-refractivity contribution in [1.82, 2.24) is 0 Å². The summed E-state index contributed by atoms with van der Waals surface area (Å²) in [5, 5.41) is 0. The van der Waals surface area contributed by atoms with Gasteiger partial charge >= 0.3 is 127 Å². The van der Waals surface area contributed by atoms with E-state index >= 15 is 0 Å². The average molecular weight is 346 g/mol. The summed E-state index contributed by atoms with van der Waals surface area (Å²) >= 11 is -0.270. The molecule has 2 aromatic carbocycles. The van der Waals surface area contributed by atoms with Crippen LogP contribution in [0.3, 0.4) is 0 Å². The van der Waals surface area contributed by atoms with Crippen LogP contribution >= 0.6 is 0 Å². The van der Waals surface area contributed by atoms with E-state index in [0.717, 1.165) is 9.36 Å². The second-order valence-electron chi connectivity index (χ2n) is 4.35. The number of hydrogen-bond donors (Lipinski definition) is 0. The zero-order valence-electron chi connectivity index (χ0n) is 10.8. The quantitative estimate of drug-likeness (QED) is 0.626. The van der Waals surface area contributed by atoms with Crippen LogP contribution in [0.1, 0.15) is 0 Å². The molecule has 0 bridgehead atoms. The van der Waals surface area contributed by atoms with Crippen LogP contribution in [0.15, 0.2) is 65.1 Å². The maximum absolute atomic E-state index is 13.8. The standard InChI is InChI=1S/C16H10FNO2Se/c17-12-8-4-5-9-13(12)18-15(19)10-14(16(18)20)21-11-6-2-1-3-7-11/h1-10H. The summed E-state index contributed by atoms with van der Waals surface area (Å²) in [5.41, 5.74) is 0.00242. The molecule has 1 aliphatic heterocycles. The molecule has 1 aliphatic rings. The summed E-state index contributed by atoms with van der Waals surface area (Å²) in [6.07, 6.45) is 1.31. The first-order chi connectivity index (χ1) is 10.2. The molecule has 0 saturated heterocycles. The monoisotopic (exact) mass is 347 g/mol. The molecule has 104 valence electrons. The zero-order valence-corrected chi connectivity index (χ0v) is 12.5. The van der Waals surface area contributed by atoms with Gasteiger partial charge in [-0.1, -0.05) is 0 Å². The summed E-state index contributed by atoms with van der Waals surface area (Å²) in [4.78, 5) is 25.3. The van der Waals surface area contributed by atoms with Crippen LogP contribution in [0.5, 0.6) is 0 Å². The summed E-state index contributed by atoms with van der Waals surface area (Å²) < 4.78 is 15.2. The van der Waals surface area contributed by atoms with Gasteiger partial charge < -0.3 is 0 Å². The van der Waals surface area contributed by atoms with Crippen LogP contribution < -0.4 is 9.36 Å². The Morgan fingerprint density at radius 1 is 0.905 bits per heavy atom. The van der Waals surface area contributed by atoms with E-state index in [-0.39, 0.29) is 20.6 Å². The summed E-state index contributed by atoms with van der Waals surface area (Å²) in [6.45, 7) is 0. The Bertz CT molecular complexity index is 743. The normalized spacial score (nSPS) is 14.5. The fourth-order valence-electron chi connectivity index (χ4n) is 2.00. The number of rotatable bonds is 3. The number of benzene rings is 2. The number of carbonyl (C=O) groups is 2. The van der Waals surface area contributed by atoms with Crippen molar-refractivity contribution in [1.29, 1.82) is 0 Å². The van der Waals surface area contributed by atoms with Crippen LogP contribution in [0.25, 0.3) is 0 Å². The molecule has 1 heterocycles.